The molecule has 0 amide bonds. The molecule has 0 saturated carbocycles. The fourth-order valence-electron chi connectivity index (χ4n) is 1.000. The molecule has 0 bridgehead atoms. The molecule has 0 atom stereocenters. The summed E-state index contributed by atoms with van der Waals surface area (Å²) in [5, 5.41) is 20.0. The van der Waals surface area contributed by atoms with Crippen molar-refractivity contribution in [2.24, 2.45) is 0 Å². The van der Waals surface area contributed by atoms with Gasteiger partial charge in [0.25, 0.3) is 11.8 Å². The molecule has 9 heteroatoms. The predicted molar refractivity (Wildman–Crippen MR) is 51.2 cm³/mol. The van der Waals surface area contributed by atoms with Gasteiger partial charge in [-0.05, 0) is 23.7 Å². The Bertz CT molecular complexity index is 536. The van der Waals surface area contributed by atoms with Crippen molar-refractivity contribution in [1.82, 2.24) is 20.2 Å². The topological polar surface area (TPSA) is 113 Å². The highest BCUT2D eigenvalue weighted by Crippen LogP contribution is 2.17. The average Bonchev–Trinajstić information content (AvgIpc) is 2.83. The molecule has 1 aromatic carbocycles. The van der Waals surface area contributed by atoms with Crippen molar-refractivity contribution < 1.29 is 14.5 Å². The Labute approximate surface area is 93.8 Å². The molecule has 1 heterocycles. The van der Waals surface area contributed by atoms with E-state index in [4.69, 9.17) is 4.74 Å². The third-order valence-electron chi connectivity index (χ3n) is 1.74. The minimum atomic E-state index is -0.858. The van der Waals surface area contributed by atoms with E-state index in [1.54, 1.807) is 0 Å². The Balaban J connectivity index is 2.09. The number of benzene rings is 1. The second kappa shape index (κ2) is 4.35. The summed E-state index contributed by atoms with van der Waals surface area (Å²) in [6, 6.07) is 5.01. The SMILES string of the molecule is O=C(Oc1ccc([N+](=O)[O-])cc1)n1[c-]nnn1. The van der Waals surface area contributed by atoms with E-state index in [1.807, 2.05) is 0 Å². The summed E-state index contributed by atoms with van der Waals surface area (Å²) in [4.78, 5) is 21.2. The molecule has 0 unspecified atom stereocenters. The van der Waals surface area contributed by atoms with E-state index in [-0.39, 0.29) is 11.4 Å². The van der Waals surface area contributed by atoms with Crippen LogP contribution in [0.5, 0.6) is 5.75 Å². The van der Waals surface area contributed by atoms with Crippen molar-refractivity contribution in [3.05, 3.63) is 40.7 Å². The van der Waals surface area contributed by atoms with Gasteiger partial charge >= 0.3 is 0 Å². The zero-order chi connectivity index (χ0) is 12.3. The molecule has 2 rings (SSSR count). The summed E-state index contributed by atoms with van der Waals surface area (Å²) in [5.41, 5.74) is -0.0983. The summed E-state index contributed by atoms with van der Waals surface area (Å²) < 4.78 is 5.49. The second-order valence-electron chi connectivity index (χ2n) is 2.81. The van der Waals surface area contributed by atoms with Crippen LogP contribution in [-0.2, 0) is 0 Å². The molecular formula is C8H4N5O4-. The number of rotatable bonds is 2. The lowest BCUT2D eigenvalue weighted by atomic mass is 10.3. The molecular weight excluding hydrogens is 230 g/mol. The minimum absolute atomic E-state index is 0.0983. The molecule has 0 radical (unpaired) electrons. The zero-order valence-corrected chi connectivity index (χ0v) is 8.18. The summed E-state index contributed by atoms with van der Waals surface area (Å²) >= 11 is 0. The van der Waals surface area contributed by atoms with Crippen LogP contribution in [0.1, 0.15) is 0 Å². The fraction of sp³-hybridized carbons (Fsp3) is 0. The van der Waals surface area contributed by atoms with Gasteiger partial charge in [-0.3, -0.25) is 14.8 Å². The Hall–Kier alpha value is -2.84. The number of carbonyl (C=O) groups excluding carboxylic acids is 1. The lowest BCUT2D eigenvalue weighted by molar-refractivity contribution is -0.384. The van der Waals surface area contributed by atoms with E-state index in [1.165, 1.54) is 24.3 Å². The van der Waals surface area contributed by atoms with Crippen LogP contribution in [0.4, 0.5) is 10.5 Å². The van der Waals surface area contributed by atoms with E-state index >= 15 is 0 Å². The standard InChI is InChI=1S/C8H4N5O4/c14-8(12-5-9-10-11-12)17-7-3-1-6(2-4-7)13(15)16/h1-4H/q-1. The van der Waals surface area contributed by atoms with Gasteiger partial charge in [0.15, 0.2) is 0 Å². The van der Waals surface area contributed by atoms with Crippen LogP contribution < -0.4 is 4.74 Å². The van der Waals surface area contributed by atoms with E-state index < -0.39 is 11.0 Å². The van der Waals surface area contributed by atoms with Gasteiger partial charge in [-0.15, -0.1) is 0 Å². The first kappa shape index (κ1) is 10.7. The Kier molecular flexibility index (Phi) is 2.73. The Morgan fingerprint density at radius 3 is 2.65 bits per heavy atom. The lowest BCUT2D eigenvalue weighted by Crippen LogP contribution is -2.17. The van der Waals surface area contributed by atoms with Crippen LogP contribution in [0, 0.1) is 16.4 Å². The number of nitrogens with zero attached hydrogens (tertiary/aromatic N) is 5. The summed E-state index contributed by atoms with van der Waals surface area (Å²) in [6.07, 6.45) is 1.29. The van der Waals surface area contributed by atoms with Gasteiger partial charge in [0.2, 0.25) is 0 Å². The molecule has 0 aliphatic heterocycles. The van der Waals surface area contributed by atoms with Crippen molar-refractivity contribution in [2.45, 2.75) is 0 Å². The molecule has 0 aliphatic carbocycles. The summed E-state index contributed by atoms with van der Waals surface area (Å²) in [7, 11) is 0. The molecule has 0 spiro atoms. The number of hydrogen-bond donors (Lipinski definition) is 0. The monoisotopic (exact) mass is 234 g/mol. The molecule has 0 saturated heterocycles. The van der Waals surface area contributed by atoms with Crippen molar-refractivity contribution in [1.29, 1.82) is 0 Å². The molecule has 0 N–H and O–H groups in total. The van der Waals surface area contributed by atoms with E-state index in [9.17, 15) is 14.9 Å². The third-order valence-corrected chi connectivity index (χ3v) is 1.74. The number of hydrogen-bond acceptors (Lipinski definition) is 7. The number of nitro groups is 1. The number of non-ortho nitro benzene ring substituents is 1. The van der Waals surface area contributed by atoms with Crippen LogP contribution in [0.25, 0.3) is 0 Å². The zero-order valence-electron chi connectivity index (χ0n) is 8.18. The molecule has 86 valence electrons. The number of ether oxygens (including phenoxy) is 1. The van der Waals surface area contributed by atoms with Crippen LogP contribution in [-0.4, -0.2) is 31.2 Å². The van der Waals surface area contributed by atoms with Crippen LogP contribution in [0.15, 0.2) is 24.3 Å². The van der Waals surface area contributed by atoms with Crippen molar-refractivity contribution >= 4 is 11.8 Å². The van der Waals surface area contributed by atoms with E-state index in [2.05, 4.69) is 21.9 Å². The van der Waals surface area contributed by atoms with Gasteiger partial charge < -0.3 is 9.53 Å². The summed E-state index contributed by atoms with van der Waals surface area (Å²) in [6.45, 7) is 0. The third kappa shape index (κ3) is 2.40. The normalized spacial score (nSPS) is 9.88. The van der Waals surface area contributed by atoms with Gasteiger partial charge in [0.05, 0.1) is 4.92 Å². The maximum atomic E-state index is 11.3. The highest BCUT2D eigenvalue weighted by atomic mass is 16.6. The van der Waals surface area contributed by atoms with Gasteiger partial charge in [-0.1, -0.05) is 5.21 Å². The van der Waals surface area contributed by atoms with E-state index in [0.717, 1.165) is 0 Å². The predicted octanol–water partition coefficient (Wildman–Crippen LogP) is 0.429. The van der Waals surface area contributed by atoms with Crippen LogP contribution in [0.2, 0.25) is 0 Å². The number of tetrazole rings is 1. The summed E-state index contributed by atoms with van der Waals surface area (Å²) in [5.74, 6) is 0.143. The van der Waals surface area contributed by atoms with Crippen LogP contribution in [0.3, 0.4) is 0 Å². The molecule has 0 fully saturated rings. The Morgan fingerprint density at radius 1 is 1.41 bits per heavy atom. The first-order chi connectivity index (χ1) is 8.16. The average molecular weight is 234 g/mol. The van der Waals surface area contributed by atoms with Crippen molar-refractivity contribution in [3.63, 3.8) is 0 Å². The highest BCUT2D eigenvalue weighted by molar-refractivity contribution is 5.71. The van der Waals surface area contributed by atoms with Gasteiger partial charge in [-0.2, -0.15) is 0 Å². The molecule has 1 aromatic heterocycles. The molecule has 9 nitrogen and oxygen atoms in total. The van der Waals surface area contributed by atoms with Crippen molar-refractivity contribution in [2.75, 3.05) is 0 Å². The number of nitro benzene ring substituents is 1. The highest BCUT2D eigenvalue weighted by Gasteiger charge is 2.05. The molecule has 0 aliphatic rings. The quantitative estimate of drug-likeness (QED) is 0.320. The Morgan fingerprint density at radius 2 is 2.12 bits per heavy atom. The minimum Gasteiger partial charge on any atom is -0.497 e. The smallest absolute Gasteiger partial charge is 0.277 e. The number of aromatic nitrogens is 4. The van der Waals surface area contributed by atoms with Crippen LogP contribution >= 0.6 is 0 Å². The molecule has 2 aromatic rings. The number of carbonyl (C=O) groups is 1. The second-order valence-corrected chi connectivity index (χ2v) is 2.81. The maximum Gasteiger partial charge on any atom is 0.277 e. The van der Waals surface area contributed by atoms with Gasteiger partial charge in [0, 0.05) is 12.1 Å². The molecule has 17 heavy (non-hydrogen) atoms. The largest absolute Gasteiger partial charge is 0.497 e. The van der Waals surface area contributed by atoms with Crippen molar-refractivity contribution in [3.8, 4) is 5.75 Å². The first-order valence-electron chi connectivity index (χ1n) is 4.29. The first-order valence-corrected chi connectivity index (χ1v) is 4.29. The maximum absolute atomic E-state index is 11.3. The lowest BCUT2D eigenvalue weighted by Gasteiger charge is -2.10. The fourth-order valence-corrected chi connectivity index (χ4v) is 1.000. The van der Waals surface area contributed by atoms with Gasteiger partial charge in [0.1, 0.15) is 5.75 Å². The van der Waals surface area contributed by atoms with Gasteiger partial charge in [-0.25, -0.2) is 5.10 Å². The van der Waals surface area contributed by atoms with E-state index in [0.29, 0.717) is 4.68 Å².